The number of ether oxygens (including phenoxy) is 3. The van der Waals surface area contributed by atoms with Crippen LogP contribution in [0.25, 0.3) is 0 Å². The molecule has 7 heteroatoms. The Morgan fingerprint density at radius 2 is 1.90 bits per heavy atom. The number of carbonyl (C=O) groups is 1. The Bertz CT molecular complexity index is 1310. The van der Waals surface area contributed by atoms with Gasteiger partial charge in [0.05, 0.1) is 19.8 Å². The van der Waals surface area contributed by atoms with E-state index in [-0.39, 0.29) is 41.4 Å². The SMILES string of the molecule is CC[C@H](O)[C@H]1[C@@H]2CC3(CCCC3)[C@H](c3ccccc3)[C@H]2C[C@@H]2[C@@H]3C(=CCCN12)OC(=C1OC(=O)C(CO)=C1OC)[C@H]3C. The van der Waals surface area contributed by atoms with Gasteiger partial charge in [0, 0.05) is 30.5 Å². The first kappa shape index (κ1) is 28.2. The highest BCUT2D eigenvalue weighted by Crippen LogP contribution is 2.67. The molecule has 1 aromatic rings. The van der Waals surface area contributed by atoms with Gasteiger partial charge in [0.25, 0.3) is 0 Å². The van der Waals surface area contributed by atoms with Crippen LogP contribution < -0.4 is 0 Å². The molecule has 0 unspecified atom stereocenters. The number of esters is 1. The second-order valence-electron chi connectivity index (χ2n) is 13.6. The Morgan fingerprint density at radius 3 is 2.60 bits per heavy atom. The number of hydrogen-bond donors (Lipinski definition) is 2. The van der Waals surface area contributed by atoms with Gasteiger partial charge in [-0.2, -0.15) is 0 Å². The number of cyclic esters (lactones) is 1. The summed E-state index contributed by atoms with van der Waals surface area (Å²) >= 11 is 0. The smallest absolute Gasteiger partial charge is 0.345 e. The molecule has 4 heterocycles. The Kier molecular flexibility index (Phi) is 7.27. The van der Waals surface area contributed by atoms with Crippen LogP contribution in [0.5, 0.6) is 0 Å². The van der Waals surface area contributed by atoms with E-state index in [9.17, 15) is 15.0 Å². The van der Waals surface area contributed by atoms with E-state index in [1.807, 2.05) is 0 Å². The predicted molar refractivity (Wildman–Crippen MR) is 158 cm³/mol. The summed E-state index contributed by atoms with van der Waals surface area (Å²) in [6.45, 7) is 4.75. The maximum atomic E-state index is 12.6. The van der Waals surface area contributed by atoms with E-state index in [0.717, 1.165) is 31.6 Å². The molecular weight excluding hydrogens is 530 g/mol. The number of methoxy groups -OCH3 is 1. The molecule has 2 aliphatic carbocycles. The van der Waals surface area contributed by atoms with E-state index in [2.05, 4.69) is 55.2 Å². The lowest BCUT2D eigenvalue weighted by atomic mass is 9.66. The van der Waals surface area contributed by atoms with Crippen molar-refractivity contribution in [2.24, 2.45) is 29.1 Å². The van der Waals surface area contributed by atoms with E-state index in [0.29, 0.717) is 34.7 Å². The zero-order valence-electron chi connectivity index (χ0n) is 25.1. The summed E-state index contributed by atoms with van der Waals surface area (Å²) in [5.41, 5.74) is 1.91. The monoisotopic (exact) mass is 575 g/mol. The van der Waals surface area contributed by atoms with Crippen LogP contribution in [0.2, 0.25) is 0 Å². The van der Waals surface area contributed by atoms with Crippen LogP contribution in [0, 0.1) is 29.1 Å². The van der Waals surface area contributed by atoms with Gasteiger partial charge in [-0.3, -0.25) is 4.90 Å². The van der Waals surface area contributed by atoms with Crippen molar-refractivity contribution in [2.45, 2.75) is 89.3 Å². The standard InChI is InChI=1S/C35H45NO6/c1-4-26(38)30-23-18-35(14-8-9-15-35)29(21-11-6-5-7-12-21)22(23)17-25-28-20(2)31(41-27(28)13-10-16-36(25)30)33-32(40-3)24(19-37)34(39)42-33/h5-7,11-13,20,22-23,25-26,28-30,37-38H,4,8-10,14-19H2,1-3H3/t20-,22-,23+,25+,26-,28+,29+,30+/m0/s1. The van der Waals surface area contributed by atoms with E-state index in [1.165, 1.54) is 44.8 Å². The fourth-order valence-electron chi connectivity index (χ4n) is 10.2. The fourth-order valence-corrected chi connectivity index (χ4v) is 10.2. The molecule has 0 radical (unpaired) electrons. The van der Waals surface area contributed by atoms with E-state index in [4.69, 9.17) is 14.2 Å². The lowest BCUT2D eigenvalue weighted by Crippen LogP contribution is -2.60. The average Bonchev–Trinajstić information content (AvgIpc) is 3.73. The lowest BCUT2D eigenvalue weighted by Gasteiger charge is -2.52. The van der Waals surface area contributed by atoms with Crippen molar-refractivity contribution < 1.29 is 29.2 Å². The molecule has 42 heavy (non-hydrogen) atoms. The van der Waals surface area contributed by atoms with Gasteiger partial charge in [0.1, 0.15) is 11.3 Å². The topological polar surface area (TPSA) is 88.5 Å². The van der Waals surface area contributed by atoms with E-state index in [1.54, 1.807) is 0 Å². The molecule has 1 spiro atoms. The molecule has 4 aliphatic heterocycles. The summed E-state index contributed by atoms with van der Waals surface area (Å²) in [7, 11) is 1.49. The van der Waals surface area contributed by atoms with E-state index >= 15 is 0 Å². The van der Waals surface area contributed by atoms with Crippen LogP contribution in [-0.4, -0.2) is 59.5 Å². The lowest BCUT2D eigenvalue weighted by molar-refractivity contribution is -0.133. The highest BCUT2D eigenvalue weighted by atomic mass is 16.6. The van der Waals surface area contributed by atoms with Gasteiger partial charge in [-0.15, -0.1) is 0 Å². The molecule has 0 aromatic heterocycles. The number of aliphatic hydroxyl groups excluding tert-OH is 2. The molecule has 4 fully saturated rings. The zero-order chi connectivity index (χ0) is 29.2. The third-order valence-corrected chi connectivity index (χ3v) is 11.8. The van der Waals surface area contributed by atoms with Gasteiger partial charge in [-0.05, 0) is 73.3 Å². The summed E-state index contributed by atoms with van der Waals surface area (Å²) in [5.74, 6) is 3.00. The number of aliphatic hydroxyl groups is 2. The molecular formula is C35H45NO6. The van der Waals surface area contributed by atoms with Crippen molar-refractivity contribution in [1.29, 1.82) is 0 Å². The minimum absolute atomic E-state index is 0.0548. The molecule has 7 nitrogen and oxygen atoms in total. The number of hydrogen-bond acceptors (Lipinski definition) is 7. The number of benzene rings is 1. The highest BCUT2D eigenvalue weighted by Gasteiger charge is 2.62. The first-order valence-electron chi connectivity index (χ1n) is 16.1. The largest absolute Gasteiger partial charge is 0.492 e. The minimum atomic E-state index is -0.583. The fraction of sp³-hybridized carbons (Fsp3) is 0.629. The normalized spacial score (nSPS) is 38.0. The number of rotatable bonds is 5. The van der Waals surface area contributed by atoms with Gasteiger partial charge in [-0.1, -0.05) is 57.0 Å². The molecule has 0 amide bonds. The second kappa shape index (κ2) is 10.8. The maximum Gasteiger partial charge on any atom is 0.345 e. The second-order valence-corrected chi connectivity index (χ2v) is 13.6. The van der Waals surface area contributed by atoms with Gasteiger partial charge < -0.3 is 24.4 Å². The van der Waals surface area contributed by atoms with Crippen molar-refractivity contribution in [3.63, 3.8) is 0 Å². The van der Waals surface area contributed by atoms with Crippen molar-refractivity contribution >= 4 is 5.97 Å². The maximum absolute atomic E-state index is 12.6. The first-order valence-corrected chi connectivity index (χ1v) is 16.1. The third kappa shape index (κ3) is 4.14. The van der Waals surface area contributed by atoms with Gasteiger partial charge >= 0.3 is 5.97 Å². The van der Waals surface area contributed by atoms with Crippen LogP contribution in [-0.2, 0) is 19.0 Å². The summed E-state index contributed by atoms with van der Waals surface area (Å²) in [6, 6.07) is 11.5. The van der Waals surface area contributed by atoms with Crippen molar-refractivity contribution in [2.75, 3.05) is 20.3 Å². The number of nitrogens with zero attached hydrogens (tertiary/aromatic N) is 1. The minimum Gasteiger partial charge on any atom is -0.492 e. The Balaban J connectivity index is 1.31. The predicted octanol–water partition coefficient (Wildman–Crippen LogP) is 5.41. The number of piperidine rings is 1. The molecule has 0 bridgehead atoms. The van der Waals surface area contributed by atoms with Crippen LogP contribution in [0.1, 0.15) is 76.7 Å². The molecule has 2 saturated heterocycles. The Morgan fingerprint density at radius 1 is 1.14 bits per heavy atom. The molecule has 7 rings (SSSR count). The van der Waals surface area contributed by atoms with Crippen molar-refractivity contribution in [3.05, 3.63) is 70.6 Å². The van der Waals surface area contributed by atoms with Crippen LogP contribution in [0.3, 0.4) is 0 Å². The molecule has 6 aliphatic rings. The quantitative estimate of drug-likeness (QED) is 0.454. The first-order chi connectivity index (χ1) is 20.4. The number of carbonyl (C=O) groups excluding carboxylic acids is 1. The molecule has 226 valence electrons. The average molecular weight is 576 g/mol. The highest BCUT2D eigenvalue weighted by molar-refractivity contribution is 5.94. The summed E-state index contributed by atoms with van der Waals surface area (Å²) in [4.78, 5) is 15.2. The van der Waals surface area contributed by atoms with Gasteiger partial charge in [0.2, 0.25) is 5.76 Å². The van der Waals surface area contributed by atoms with Crippen LogP contribution in [0.4, 0.5) is 0 Å². The van der Waals surface area contributed by atoms with E-state index < -0.39 is 12.6 Å². The number of fused-ring (bicyclic) bond motifs is 4. The van der Waals surface area contributed by atoms with Crippen LogP contribution in [0.15, 0.2) is 65.0 Å². The third-order valence-electron chi connectivity index (χ3n) is 11.8. The Labute approximate surface area is 249 Å². The zero-order valence-corrected chi connectivity index (χ0v) is 25.1. The molecule has 2 saturated carbocycles. The molecule has 8 atom stereocenters. The van der Waals surface area contributed by atoms with Crippen LogP contribution >= 0.6 is 0 Å². The molecule has 1 aromatic carbocycles. The summed E-state index contributed by atoms with van der Waals surface area (Å²) in [5, 5.41) is 21.5. The van der Waals surface area contributed by atoms with Crippen molar-refractivity contribution in [1.82, 2.24) is 4.90 Å². The van der Waals surface area contributed by atoms with Crippen molar-refractivity contribution in [3.8, 4) is 0 Å². The van der Waals surface area contributed by atoms with Gasteiger partial charge in [0.15, 0.2) is 11.5 Å². The number of allylic oxidation sites excluding steroid dienone is 1. The summed E-state index contributed by atoms with van der Waals surface area (Å²) in [6.07, 6.45) is 10.9. The summed E-state index contributed by atoms with van der Waals surface area (Å²) < 4.78 is 17.8. The van der Waals surface area contributed by atoms with Gasteiger partial charge in [-0.25, -0.2) is 4.79 Å². The molecule has 2 N–H and O–H groups in total. The Hall–Kier alpha value is -2.61.